The molecule has 0 saturated carbocycles. The molecule has 2 rings (SSSR count). The van der Waals surface area contributed by atoms with E-state index in [4.69, 9.17) is 0 Å². The molecule has 0 aromatic heterocycles. The highest BCUT2D eigenvalue weighted by molar-refractivity contribution is 5.30. The number of benzene rings is 1. The Kier molecular flexibility index (Phi) is 4.03. The average Bonchev–Trinajstić information content (AvgIpc) is 2.38. The normalized spacial score (nSPS) is 16.7. The number of aliphatic hydroxyl groups is 1. The zero-order chi connectivity index (χ0) is 13.2. The van der Waals surface area contributed by atoms with Crippen molar-refractivity contribution in [1.82, 2.24) is 4.90 Å². The molecule has 18 heavy (non-hydrogen) atoms. The van der Waals surface area contributed by atoms with Gasteiger partial charge in [-0.05, 0) is 42.5 Å². The van der Waals surface area contributed by atoms with Crippen molar-refractivity contribution in [3.05, 3.63) is 35.1 Å². The number of hydrogen-bond acceptors (Lipinski definition) is 2. The molecule has 3 heteroatoms. The zero-order valence-electron chi connectivity index (χ0n) is 11.2. The number of rotatable bonds is 4. The first-order chi connectivity index (χ1) is 8.56. The smallest absolute Gasteiger partial charge is 0.123 e. The maximum atomic E-state index is 13.2. The van der Waals surface area contributed by atoms with Crippen LogP contribution >= 0.6 is 0 Å². The number of hydrogen-bond donors (Lipinski definition) is 1. The lowest BCUT2D eigenvalue weighted by molar-refractivity contribution is -0.00687. The third-order valence-electron chi connectivity index (χ3n) is 4.09. The average molecular weight is 251 g/mol. The lowest BCUT2D eigenvalue weighted by atomic mass is 9.94. The number of β-amino-alcohol motifs (C(OH)–C–C–N with tert-alkyl or cyclic N) is 1. The lowest BCUT2D eigenvalue weighted by Gasteiger charge is -2.35. The fourth-order valence-corrected chi connectivity index (χ4v) is 2.61. The van der Waals surface area contributed by atoms with Crippen LogP contribution in [0.5, 0.6) is 0 Å². The van der Waals surface area contributed by atoms with E-state index in [1.807, 2.05) is 19.9 Å². The van der Waals surface area contributed by atoms with E-state index in [0.717, 1.165) is 37.9 Å². The highest BCUT2D eigenvalue weighted by Crippen LogP contribution is 2.23. The van der Waals surface area contributed by atoms with Gasteiger partial charge in [-0.25, -0.2) is 4.39 Å². The Hall–Kier alpha value is -0.930. The summed E-state index contributed by atoms with van der Waals surface area (Å²) < 4.78 is 13.2. The van der Waals surface area contributed by atoms with Crippen molar-refractivity contribution in [2.75, 3.05) is 13.1 Å². The Balaban J connectivity index is 2.07. The molecule has 1 aromatic rings. The SMILES string of the molecule is CCC(O)(CC)CN1CCc2ccc(F)cc2C1. The minimum atomic E-state index is -0.606. The maximum absolute atomic E-state index is 13.2. The monoisotopic (exact) mass is 251 g/mol. The fourth-order valence-electron chi connectivity index (χ4n) is 2.61. The Morgan fingerprint density at radius 2 is 2.00 bits per heavy atom. The van der Waals surface area contributed by atoms with Crippen LogP contribution in [-0.2, 0) is 13.0 Å². The molecule has 0 amide bonds. The second-order valence-electron chi connectivity index (χ2n) is 5.31. The zero-order valence-corrected chi connectivity index (χ0v) is 11.2. The van der Waals surface area contributed by atoms with Gasteiger partial charge in [0.1, 0.15) is 5.82 Å². The van der Waals surface area contributed by atoms with Crippen LogP contribution in [0.25, 0.3) is 0 Å². The summed E-state index contributed by atoms with van der Waals surface area (Å²) in [4.78, 5) is 2.23. The fraction of sp³-hybridized carbons (Fsp3) is 0.600. The second kappa shape index (κ2) is 5.37. The van der Waals surface area contributed by atoms with Gasteiger partial charge in [-0.3, -0.25) is 4.90 Å². The van der Waals surface area contributed by atoms with E-state index in [0.29, 0.717) is 6.54 Å². The van der Waals surface area contributed by atoms with Crippen LogP contribution in [0, 0.1) is 5.82 Å². The lowest BCUT2D eigenvalue weighted by Crippen LogP contribution is -2.44. The Labute approximate surface area is 108 Å². The van der Waals surface area contributed by atoms with Crippen LogP contribution < -0.4 is 0 Å². The van der Waals surface area contributed by atoms with Crippen LogP contribution in [0.1, 0.15) is 37.8 Å². The third-order valence-corrected chi connectivity index (χ3v) is 4.09. The summed E-state index contributed by atoms with van der Waals surface area (Å²) in [5, 5.41) is 10.4. The van der Waals surface area contributed by atoms with Crippen LogP contribution in [0.3, 0.4) is 0 Å². The molecule has 1 aliphatic rings. The molecular weight excluding hydrogens is 229 g/mol. The van der Waals surface area contributed by atoms with Gasteiger partial charge < -0.3 is 5.11 Å². The summed E-state index contributed by atoms with van der Waals surface area (Å²) in [7, 11) is 0. The van der Waals surface area contributed by atoms with E-state index in [2.05, 4.69) is 4.90 Å². The topological polar surface area (TPSA) is 23.5 Å². The van der Waals surface area contributed by atoms with E-state index < -0.39 is 5.60 Å². The largest absolute Gasteiger partial charge is 0.389 e. The number of nitrogens with zero attached hydrogens (tertiary/aromatic N) is 1. The van der Waals surface area contributed by atoms with Gasteiger partial charge in [0.15, 0.2) is 0 Å². The predicted molar refractivity (Wildman–Crippen MR) is 70.9 cm³/mol. The van der Waals surface area contributed by atoms with Crippen molar-refractivity contribution in [2.24, 2.45) is 0 Å². The standard InChI is InChI=1S/C15H22FNO/c1-3-15(18,4-2)11-17-8-7-12-5-6-14(16)9-13(12)10-17/h5-6,9,18H,3-4,7-8,10-11H2,1-2H3. The molecule has 0 atom stereocenters. The van der Waals surface area contributed by atoms with Gasteiger partial charge in [-0.1, -0.05) is 19.9 Å². The van der Waals surface area contributed by atoms with Crippen LogP contribution in [-0.4, -0.2) is 28.7 Å². The summed E-state index contributed by atoms with van der Waals surface area (Å²) in [5.41, 5.74) is 1.70. The molecule has 0 bridgehead atoms. The molecule has 1 aromatic carbocycles. The molecule has 2 nitrogen and oxygen atoms in total. The van der Waals surface area contributed by atoms with Crippen LogP contribution in [0.2, 0.25) is 0 Å². The quantitative estimate of drug-likeness (QED) is 0.889. The summed E-state index contributed by atoms with van der Waals surface area (Å²) in [6.07, 6.45) is 2.46. The van der Waals surface area contributed by atoms with E-state index in [-0.39, 0.29) is 5.82 Å². The molecule has 1 heterocycles. The Bertz CT molecular complexity index is 415. The molecule has 0 unspecified atom stereocenters. The van der Waals surface area contributed by atoms with Gasteiger partial charge in [0.2, 0.25) is 0 Å². The summed E-state index contributed by atoms with van der Waals surface area (Å²) >= 11 is 0. The van der Waals surface area contributed by atoms with Crippen molar-refractivity contribution in [1.29, 1.82) is 0 Å². The number of fused-ring (bicyclic) bond motifs is 1. The number of halogens is 1. The van der Waals surface area contributed by atoms with Gasteiger partial charge in [-0.15, -0.1) is 0 Å². The maximum Gasteiger partial charge on any atom is 0.123 e. The minimum Gasteiger partial charge on any atom is -0.389 e. The first-order valence-corrected chi connectivity index (χ1v) is 6.78. The molecular formula is C15H22FNO. The van der Waals surface area contributed by atoms with Crippen molar-refractivity contribution < 1.29 is 9.50 Å². The van der Waals surface area contributed by atoms with E-state index >= 15 is 0 Å². The highest BCUT2D eigenvalue weighted by atomic mass is 19.1. The van der Waals surface area contributed by atoms with E-state index in [1.165, 1.54) is 11.6 Å². The minimum absolute atomic E-state index is 0.170. The van der Waals surface area contributed by atoms with Crippen molar-refractivity contribution in [3.8, 4) is 0 Å². The van der Waals surface area contributed by atoms with Crippen molar-refractivity contribution >= 4 is 0 Å². The second-order valence-corrected chi connectivity index (χ2v) is 5.31. The summed E-state index contributed by atoms with van der Waals surface area (Å²) in [5.74, 6) is -0.170. The van der Waals surface area contributed by atoms with E-state index in [1.54, 1.807) is 6.07 Å². The van der Waals surface area contributed by atoms with Crippen LogP contribution in [0.4, 0.5) is 4.39 Å². The molecule has 1 N–H and O–H groups in total. The predicted octanol–water partition coefficient (Wildman–Crippen LogP) is 2.73. The molecule has 1 aliphatic heterocycles. The highest BCUT2D eigenvalue weighted by Gasteiger charge is 2.27. The molecule has 0 saturated heterocycles. The first kappa shape index (κ1) is 13.5. The van der Waals surface area contributed by atoms with Gasteiger partial charge >= 0.3 is 0 Å². The summed E-state index contributed by atoms with van der Waals surface area (Å²) in [6.45, 7) is 6.40. The van der Waals surface area contributed by atoms with Gasteiger partial charge in [0.05, 0.1) is 5.60 Å². The summed E-state index contributed by atoms with van der Waals surface area (Å²) in [6, 6.07) is 5.04. The molecule has 0 aliphatic carbocycles. The van der Waals surface area contributed by atoms with Crippen molar-refractivity contribution in [3.63, 3.8) is 0 Å². The molecule has 0 fully saturated rings. The molecule has 0 radical (unpaired) electrons. The third kappa shape index (κ3) is 2.90. The Morgan fingerprint density at radius 3 is 2.67 bits per heavy atom. The van der Waals surface area contributed by atoms with Gasteiger partial charge in [0.25, 0.3) is 0 Å². The van der Waals surface area contributed by atoms with Gasteiger partial charge in [0, 0.05) is 19.6 Å². The Morgan fingerprint density at radius 1 is 1.28 bits per heavy atom. The van der Waals surface area contributed by atoms with E-state index in [9.17, 15) is 9.50 Å². The first-order valence-electron chi connectivity index (χ1n) is 6.78. The van der Waals surface area contributed by atoms with Crippen LogP contribution in [0.15, 0.2) is 18.2 Å². The molecule has 0 spiro atoms. The van der Waals surface area contributed by atoms with Gasteiger partial charge in [-0.2, -0.15) is 0 Å². The molecule has 100 valence electrons. The van der Waals surface area contributed by atoms with Crippen molar-refractivity contribution in [2.45, 2.75) is 45.3 Å².